The van der Waals surface area contributed by atoms with Gasteiger partial charge in [-0.3, -0.25) is 0 Å². The molecule has 1 heterocycles. The number of aldehydes is 1. The molecule has 0 atom stereocenters. The fourth-order valence-corrected chi connectivity index (χ4v) is 2.48. The lowest BCUT2D eigenvalue weighted by molar-refractivity contribution is -0.117. The minimum Gasteiger partial charge on any atom is -0.303 e. The average Bonchev–Trinajstić information content (AvgIpc) is 2.55. The van der Waals surface area contributed by atoms with Crippen LogP contribution in [0.1, 0.15) is 47.0 Å². The van der Waals surface area contributed by atoms with Crippen LogP contribution in [0.15, 0.2) is 0 Å². The SMILES string of the molecule is CCC(C=O)(CC)CN1CCC(C)(C)C1. The van der Waals surface area contributed by atoms with E-state index in [1.54, 1.807) is 0 Å². The second-order valence-electron chi connectivity index (χ2n) is 5.81. The van der Waals surface area contributed by atoms with E-state index < -0.39 is 0 Å². The zero-order valence-corrected chi connectivity index (χ0v) is 10.7. The fourth-order valence-electron chi connectivity index (χ4n) is 2.48. The quantitative estimate of drug-likeness (QED) is 0.652. The summed E-state index contributed by atoms with van der Waals surface area (Å²) in [5.74, 6) is 0. The van der Waals surface area contributed by atoms with Crippen LogP contribution in [0, 0.1) is 10.8 Å². The molecule has 0 bridgehead atoms. The van der Waals surface area contributed by atoms with Gasteiger partial charge in [0.15, 0.2) is 0 Å². The predicted molar refractivity (Wildman–Crippen MR) is 63.9 cm³/mol. The summed E-state index contributed by atoms with van der Waals surface area (Å²) in [6, 6.07) is 0. The van der Waals surface area contributed by atoms with Gasteiger partial charge in [-0.25, -0.2) is 0 Å². The zero-order chi connectivity index (χ0) is 11.5. The van der Waals surface area contributed by atoms with Crippen LogP contribution < -0.4 is 0 Å². The predicted octanol–water partition coefficient (Wildman–Crippen LogP) is 2.72. The van der Waals surface area contributed by atoms with E-state index in [0.717, 1.165) is 32.5 Å². The Bertz CT molecular complexity index is 219. The molecule has 1 saturated heterocycles. The number of carbonyl (C=O) groups excluding carboxylic acids is 1. The van der Waals surface area contributed by atoms with Crippen molar-refractivity contribution in [3.63, 3.8) is 0 Å². The number of likely N-dealkylation sites (tertiary alicyclic amines) is 1. The van der Waals surface area contributed by atoms with Gasteiger partial charge in [0.05, 0.1) is 0 Å². The van der Waals surface area contributed by atoms with Crippen LogP contribution in [0.3, 0.4) is 0 Å². The number of rotatable bonds is 5. The number of hydrogen-bond donors (Lipinski definition) is 0. The van der Waals surface area contributed by atoms with Gasteiger partial charge < -0.3 is 9.69 Å². The minimum absolute atomic E-state index is 0.0968. The summed E-state index contributed by atoms with van der Waals surface area (Å²) >= 11 is 0. The van der Waals surface area contributed by atoms with Gasteiger partial charge in [0.1, 0.15) is 6.29 Å². The van der Waals surface area contributed by atoms with Gasteiger partial charge in [-0.15, -0.1) is 0 Å². The fraction of sp³-hybridized carbons (Fsp3) is 0.923. The summed E-state index contributed by atoms with van der Waals surface area (Å²) in [7, 11) is 0. The van der Waals surface area contributed by atoms with E-state index in [0.29, 0.717) is 5.41 Å². The molecule has 0 aromatic heterocycles. The largest absolute Gasteiger partial charge is 0.303 e. The van der Waals surface area contributed by atoms with E-state index in [2.05, 4.69) is 32.6 Å². The maximum absolute atomic E-state index is 11.2. The molecular weight excluding hydrogens is 186 g/mol. The first-order valence-corrected chi connectivity index (χ1v) is 6.16. The van der Waals surface area contributed by atoms with Crippen molar-refractivity contribution in [2.75, 3.05) is 19.6 Å². The number of hydrogen-bond acceptors (Lipinski definition) is 2. The van der Waals surface area contributed by atoms with Crippen molar-refractivity contribution in [2.24, 2.45) is 10.8 Å². The molecule has 0 spiro atoms. The molecule has 88 valence electrons. The summed E-state index contributed by atoms with van der Waals surface area (Å²) in [5, 5.41) is 0. The lowest BCUT2D eigenvalue weighted by atomic mass is 9.83. The molecule has 0 amide bonds. The first kappa shape index (κ1) is 12.7. The standard InChI is InChI=1S/C13H25NO/c1-5-13(6-2,11-15)10-14-8-7-12(3,4)9-14/h11H,5-10H2,1-4H3. The van der Waals surface area contributed by atoms with Crippen LogP contribution in [0.2, 0.25) is 0 Å². The van der Waals surface area contributed by atoms with Gasteiger partial charge in [0.2, 0.25) is 0 Å². The smallest absolute Gasteiger partial charge is 0.127 e. The van der Waals surface area contributed by atoms with Crippen LogP contribution in [0.5, 0.6) is 0 Å². The second-order valence-corrected chi connectivity index (χ2v) is 5.81. The van der Waals surface area contributed by atoms with Crippen molar-refractivity contribution in [1.82, 2.24) is 4.90 Å². The van der Waals surface area contributed by atoms with E-state index in [1.807, 2.05) is 0 Å². The summed E-state index contributed by atoms with van der Waals surface area (Å²) in [5.41, 5.74) is 0.344. The molecule has 0 aliphatic carbocycles. The summed E-state index contributed by atoms with van der Waals surface area (Å²) < 4.78 is 0. The van der Waals surface area contributed by atoms with Gasteiger partial charge in [-0.1, -0.05) is 27.7 Å². The molecule has 0 radical (unpaired) electrons. The van der Waals surface area contributed by atoms with Crippen LogP contribution >= 0.6 is 0 Å². The third kappa shape index (κ3) is 3.04. The van der Waals surface area contributed by atoms with Crippen molar-refractivity contribution in [2.45, 2.75) is 47.0 Å². The molecule has 15 heavy (non-hydrogen) atoms. The monoisotopic (exact) mass is 211 g/mol. The summed E-state index contributed by atoms with van der Waals surface area (Å²) in [6.45, 7) is 12.1. The molecule has 0 N–H and O–H groups in total. The minimum atomic E-state index is -0.0968. The zero-order valence-electron chi connectivity index (χ0n) is 10.7. The normalized spacial score (nSPS) is 21.9. The summed E-state index contributed by atoms with van der Waals surface area (Å²) in [4.78, 5) is 13.7. The van der Waals surface area contributed by atoms with Gasteiger partial charge in [-0.05, 0) is 31.2 Å². The lowest BCUT2D eigenvalue weighted by Crippen LogP contribution is -2.37. The topological polar surface area (TPSA) is 20.3 Å². The van der Waals surface area contributed by atoms with Crippen molar-refractivity contribution in [3.8, 4) is 0 Å². The van der Waals surface area contributed by atoms with Crippen LogP contribution in [0.4, 0.5) is 0 Å². The number of nitrogens with zero attached hydrogens (tertiary/aromatic N) is 1. The van der Waals surface area contributed by atoms with Crippen LogP contribution in [-0.2, 0) is 4.79 Å². The molecule has 2 heteroatoms. The maximum Gasteiger partial charge on any atom is 0.127 e. The van der Waals surface area contributed by atoms with Gasteiger partial charge in [-0.2, -0.15) is 0 Å². The first-order chi connectivity index (χ1) is 6.97. The average molecular weight is 211 g/mol. The van der Waals surface area contributed by atoms with E-state index in [9.17, 15) is 4.79 Å². The number of carbonyl (C=O) groups is 1. The van der Waals surface area contributed by atoms with Crippen LogP contribution in [0.25, 0.3) is 0 Å². The molecule has 1 fully saturated rings. The highest BCUT2D eigenvalue weighted by atomic mass is 16.1. The van der Waals surface area contributed by atoms with Gasteiger partial charge in [0, 0.05) is 18.5 Å². The molecule has 1 aliphatic rings. The summed E-state index contributed by atoms with van der Waals surface area (Å²) in [6.07, 6.45) is 4.36. The lowest BCUT2D eigenvalue weighted by Gasteiger charge is -2.31. The van der Waals surface area contributed by atoms with E-state index in [1.165, 1.54) is 12.7 Å². The van der Waals surface area contributed by atoms with E-state index in [4.69, 9.17) is 0 Å². The molecule has 0 aromatic rings. The Labute approximate surface area is 94.0 Å². The molecule has 1 rings (SSSR count). The van der Waals surface area contributed by atoms with Crippen molar-refractivity contribution in [1.29, 1.82) is 0 Å². The van der Waals surface area contributed by atoms with Crippen molar-refractivity contribution in [3.05, 3.63) is 0 Å². The first-order valence-electron chi connectivity index (χ1n) is 6.16. The molecular formula is C13H25NO. The molecule has 0 saturated carbocycles. The molecule has 0 aromatic carbocycles. The Balaban J connectivity index is 2.57. The Morgan fingerprint density at radius 3 is 2.27 bits per heavy atom. The highest BCUT2D eigenvalue weighted by Gasteiger charge is 2.34. The Hall–Kier alpha value is -0.370. The highest BCUT2D eigenvalue weighted by molar-refractivity contribution is 5.59. The van der Waals surface area contributed by atoms with Gasteiger partial charge >= 0.3 is 0 Å². The van der Waals surface area contributed by atoms with Crippen LogP contribution in [-0.4, -0.2) is 30.8 Å². The van der Waals surface area contributed by atoms with E-state index in [-0.39, 0.29) is 5.41 Å². The van der Waals surface area contributed by atoms with Crippen molar-refractivity contribution >= 4 is 6.29 Å². The molecule has 1 aliphatic heterocycles. The Kier molecular flexibility index (Phi) is 3.93. The third-order valence-corrected chi connectivity index (χ3v) is 3.95. The third-order valence-electron chi connectivity index (χ3n) is 3.95. The van der Waals surface area contributed by atoms with Gasteiger partial charge in [0.25, 0.3) is 0 Å². The Morgan fingerprint density at radius 1 is 1.33 bits per heavy atom. The highest BCUT2D eigenvalue weighted by Crippen LogP contribution is 2.33. The molecule has 0 unspecified atom stereocenters. The van der Waals surface area contributed by atoms with E-state index >= 15 is 0 Å². The molecule has 2 nitrogen and oxygen atoms in total. The Morgan fingerprint density at radius 2 is 1.93 bits per heavy atom. The second kappa shape index (κ2) is 4.65. The van der Waals surface area contributed by atoms with Crippen molar-refractivity contribution < 1.29 is 4.79 Å². The maximum atomic E-state index is 11.2.